The fourth-order valence-electron chi connectivity index (χ4n) is 4.29. The maximum absolute atomic E-state index is 13.4. The molecule has 4 rings (SSSR count). The summed E-state index contributed by atoms with van der Waals surface area (Å²) in [5.74, 6) is -0.262. The van der Waals surface area contributed by atoms with Crippen LogP contribution in [0.25, 0.3) is 5.69 Å². The topological polar surface area (TPSA) is 44.5 Å². The van der Waals surface area contributed by atoms with E-state index < -0.39 is 5.60 Å². The van der Waals surface area contributed by atoms with Crippen LogP contribution in [0.3, 0.4) is 0 Å². The molecule has 0 saturated carbocycles. The molecule has 2 saturated heterocycles. The molecule has 2 fully saturated rings. The zero-order valence-electron chi connectivity index (χ0n) is 15.1. The highest BCUT2D eigenvalue weighted by Crippen LogP contribution is 2.25. The van der Waals surface area contributed by atoms with Crippen molar-refractivity contribution >= 4 is 0 Å². The smallest absolute Gasteiger partial charge is 0.125 e. The number of aliphatic hydroxyl groups is 1. The van der Waals surface area contributed by atoms with Crippen molar-refractivity contribution in [3.8, 4) is 5.69 Å². The number of hydrogen-bond donors (Lipinski definition) is 1. The van der Waals surface area contributed by atoms with Crippen LogP contribution in [0.5, 0.6) is 0 Å². The van der Waals surface area contributed by atoms with Gasteiger partial charge in [0.15, 0.2) is 0 Å². The number of halogens is 1. The van der Waals surface area contributed by atoms with Gasteiger partial charge in [-0.1, -0.05) is 6.07 Å². The molecule has 0 radical (unpaired) electrons. The molecular formula is C20H27FN4O. The van der Waals surface area contributed by atoms with E-state index in [1.54, 1.807) is 10.7 Å². The zero-order chi connectivity index (χ0) is 18.0. The van der Waals surface area contributed by atoms with Gasteiger partial charge in [0.05, 0.1) is 17.5 Å². The highest BCUT2D eigenvalue weighted by molar-refractivity contribution is 5.31. The van der Waals surface area contributed by atoms with Gasteiger partial charge in [0.1, 0.15) is 5.82 Å². The summed E-state index contributed by atoms with van der Waals surface area (Å²) in [5.41, 5.74) is 1.20. The number of likely N-dealkylation sites (tertiary alicyclic amines) is 2. The molecule has 3 heterocycles. The first-order valence-corrected chi connectivity index (χ1v) is 9.56. The summed E-state index contributed by atoms with van der Waals surface area (Å²) in [6.07, 6.45) is 8.17. The lowest BCUT2D eigenvalue weighted by molar-refractivity contribution is -0.0519. The van der Waals surface area contributed by atoms with Gasteiger partial charge in [-0.05, 0) is 63.5 Å². The lowest BCUT2D eigenvalue weighted by atomic mass is 9.92. The first-order chi connectivity index (χ1) is 12.6. The van der Waals surface area contributed by atoms with Crippen LogP contribution in [0.2, 0.25) is 0 Å². The Kier molecular flexibility index (Phi) is 5.07. The molecule has 2 aliphatic rings. The average Bonchev–Trinajstić information content (AvgIpc) is 3.26. The first kappa shape index (κ1) is 17.6. The monoisotopic (exact) mass is 358 g/mol. The number of hydrogen-bond acceptors (Lipinski definition) is 4. The Morgan fingerprint density at radius 3 is 2.73 bits per heavy atom. The summed E-state index contributed by atoms with van der Waals surface area (Å²) in [6.45, 7) is 5.47. The molecule has 0 bridgehead atoms. The van der Waals surface area contributed by atoms with E-state index in [2.05, 4.69) is 14.9 Å². The van der Waals surface area contributed by atoms with Crippen LogP contribution < -0.4 is 0 Å². The van der Waals surface area contributed by atoms with Gasteiger partial charge >= 0.3 is 0 Å². The molecule has 0 spiro atoms. The number of aromatic nitrogens is 2. The van der Waals surface area contributed by atoms with Crippen LogP contribution in [-0.4, -0.2) is 63.0 Å². The van der Waals surface area contributed by atoms with E-state index in [4.69, 9.17) is 0 Å². The van der Waals surface area contributed by atoms with Crippen molar-refractivity contribution in [2.45, 2.75) is 37.8 Å². The number of piperidine rings is 1. The minimum absolute atomic E-state index is 0.262. The van der Waals surface area contributed by atoms with Crippen molar-refractivity contribution < 1.29 is 9.50 Å². The highest BCUT2D eigenvalue weighted by atomic mass is 19.1. The van der Waals surface area contributed by atoms with Crippen LogP contribution in [0.1, 0.15) is 31.2 Å². The molecule has 0 aliphatic carbocycles. The van der Waals surface area contributed by atoms with Crippen molar-refractivity contribution in [1.29, 1.82) is 0 Å². The normalized spacial score (nSPS) is 25.0. The second kappa shape index (κ2) is 7.47. The van der Waals surface area contributed by atoms with Gasteiger partial charge in [0.2, 0.25) is 0 Å². The number of nitrogens with zero attached hydrogens (tertiary/aromatic N) is 4. The lowest BCUT2D eigenvalue weighted by Crippen LogP contribution is -2.53. The Morgan fingerprint density at radius 2 is 1.92 bits per heavy atom. The molecule has 6 heteroatoms. The maximum Gasteiger partial charge on any atom is 0.125 e. The second-order valence-electron chi connectivity index (χ2n) is 7.79. The van der Waals surface area contributed by atoms with Gasteiger partial charge in [-0.2, -0.15) is 5.10 Å². The van der Waals surface area contributed by atoms with E-state index in [9.17, 15) is 9.50 Å². The van der Waals surface area contributed by atoms with Crippen molar-refractivity contribution in [2.75, 3.05) is 32.7 Å². The molecule has 1 aromatic heterocycles. The molecule has 2 aliphatic heterocycles. The SMILES string of the molecule is O[C@]1(CN2CCCC2)CCCN(Cc2cnn(-c3cccc(F)c3)c2)C1. The molecule has 0 amide bonds. The lowest BCUT2D eigenvalue weighted by Gasteiger charge is -2.41. The van der Waals surface area contributed by atoms with Gasteiger partial charge < -0.3 is 10.0 Å². The molecule has 1 aromatic carbocycles. The third kappa shape index (κ3) is 4.14. The summed E-state index contributed by atoms with van der Waals surface area (Å²) < 4.78 is 15.1. The predicted octanol–water partition coefficient (Wildman–Crippen LogP) is 2.43. The van der Waals surface area contributed by atoms with Crippen molar-refractivity contribution in [2.24, 2.45) is 0 Å². The summed E-state index contributed by atoms with van der Waals surface area (Å²) in [6, 6.07) is 6.44. The Labute approximate surface area is 154 Å². The molecule has 26 heavy (non-hydrogen) atoms. The Bertz CT molecular complexity index is 743. The molecule has 1 atom stereocenters. The molecular weight excluding hydrogens is 331 g/mol. The summed E-state index contributed by atoms with van der Waals surface area (Å²) in [4.78, 5) is 4.71. The van der Waals surface area contributed by atoms with E-state index in [0.717, 1.165) is 56.8 Å². The maximum atomic E-state index is 13.4. The van der Waals surface area contributed by atoms with E-state index in [1.807, 2.05) is 18.5 Å². The van der Waals surface area contributed by atoms with Crippen LogP contribution >= 0.6 is 0 Å². The molecule has 5 nitrogen and oxygen atoms in total. The summed E-state index contributed by atoms with van der Waals surface area (Å²) >= 11 is 0. The van der Waals surface area contributed by atoms with Gasteiger partial charge in [0, 0.05) is 31.4 Å². The Balaban J connectivity index is 1.39. The average molecular weight is 358 g/mol. The number of rotatable bonds is 5. The fraction of sp³-hybridized carbons (Fsp3) is 0.550. The molecule has 140 valence electrons. The van der Waals surface area contributed by atoms with Crippen LogP contribution in [0.4, 0.5) is 4.39 Å². The molecule has 2 aromatic rings. The van der Waals surface area contributed by atoms with E-state index in [1.165, 1.54) is 25.0 Å². The minimum Gasteiger partial charge on any atom is -0.387 e. The quantitative estimate of drug-likeness (QED) is 0.892. The Hall–Kier alpha value is -1.76. The van der Waals surface area contributed by atoms with Gasteiger partial charge in [-0.25, -0.2) is 9.07 Å². The van der Waals surface area contributed by atoms with E-state index in [-0.39, 0.29) is 5.82 Å². The summed E-state index contributed by atoms with van der Waals surface area (Å²) in [7, 11) is 0. The van der Waals surface area contributed by atoms with Gasteiger partial charge in [-0.15, -0.1) is 0 Å². The fourth-order valence-corrected chi connectivity index (χ4v) is 4.29. The van der Waals surface area contributed by atoms with Crippen molar-refractivity contribution in [3.05, 3.63) is 48.0 Å². The van der Waals surface area contributed by atoms with Crippen molar-refractivity contribution in [3.63, 3.8) is 0 Å². The number of benzene rings is 1. The summed E-state index contributed by atoms with van der Waals surface area (Å²) in [5, 5.41) is 15.4. The van der Waals surface area contributed by atoms with E-state index >= 15 is 0 Å². The number of β-amino-alcohol motifs (C(OH)–C–C–N with tert-alkyl or cyclic N) is 1. The van der Waals surface area contributed by atoms with Crippen LogP contribution in [-0.2, 0) is 6.54 Å². The largest absolute Gasteiger partial charge is 0.387 e. The second-order valence-corrected chi connectivity index (χ2v) is 7.79. The van der Waals surface area contributed by atoms with Crippen LogP contribution in [0, 0.1) is 5.82 Å². The molecule has 0 unspecified atom stereocenters. The highest BCUT2D eigenvalue weighted by Gasteiger charge is 2.35. The van der Waals surface area contributed by atoms with E-state index in [0.29, 0.717) is 6.54 Å². The molecule has 1 N–H and O–H groups in total. The van der Waals surface area contributed by atoms with Gasteiger partial charge in [0.25, 0.3) is 0 Å². The third-order valence-corrected chi connectivity index (χ3v) is 5.47. The minimum atomic E-state index is -0.610. The third-order valence-electron chi connectivity index (χ3n) is 5.47. The first-order valence-electron chi connectivity index (χ1n) is 9.56. The standard InChI is InChI=1S/C20H27FN4O/c21-18-5-3-6-19(11-18)25-14-17(12-22-25)13-24-10-4-7-20(26,16-24)15-23-8-1-2-9-23/h3,5-6,11-12,14,26H,1-2,4,7-10,13,15-16H2/t20-/m0/s1. The van der Waals surface area contributed by atoms with Crippen molar-refractivity contribution in [1.82, 2.24) is 19.6 Å². The van der Waals surface area contributed by atoms with Crippen LogP contribution in [0.15, 0.2) is 36.7 Å². The predicted molar refractivity (Wildman–Crippen MR) is 98.7 cm³/mol. The zero-order valence-corrected chi connectivity index (χ0v) is 15.1. The Morgan fingerprint density at radius 1 is 1.12 bits per heavy atom. The van der Waals surface area contributed by atoms with Gasteiger partial charge in [-0.3, -0.25) is 4.90 Å².